The van der Waals surface area contributed by atoms with Crippen molar-refractivity contribution in [3.63, 3.8) is 0 Å². The van der Waals surface area contributed by atoms with Crippen LogP contribution in [0.4, 0.5) is 0 Å². The van der Waals surface area contributed by atoms with E-state index in [-0.39, 0.29) is 17.6 Å². The van der Waals surface area contributed by atoms with Crippen LogP contribution in [0.5, 0.6) is 0 Å². The van der Waals surface area contributed by atoms with Gasteiger partial charge in [-0.2, -0.15) is 5.10 Å². The van der Waals surface area contributed by atoms with Crippen molar-refractivity contribution in [1.82, 2.24) is 25.0 Å². The van der Waals surface area contributed by atoms with Crippen molar-refractivity contribution < 1.29 is 4.79 Å². The Labute approximate surface area is 167 Å². The number of aromatic nitrogens is 3. The van der Waals surface area contributed by atoms with Crippen LogP contribution in [0.15, 0.2) is 35.7 Å². The average Bonchev–Trinajstić information content (AvgIpc) is 3.25. The zero-order valence-corrected chi connectivity index (χ0v) is 17.3. The van der Waals surface area contributed by atoms with Crippen molar-refractivity contribution in [1.29, 1.82) is 0 Å². The largest absolute Gasteiger partial charge is 0.349 e. The minimum Gasteiger partial charge on any atom is -0.349 e. The van der Waals surface area contributed by atoms with Gasteiger partial charge in [-0.05, 0) is 57.6 Å². The SMILES string of the molecule is Cc1cc(C)n(-c2ccc(Cl)c(C(=O)NCC(c3cccs3)N(C)C)n2)n1. The molecule has 3 aromatic rings. The molecule has 8 heteroatoms. The maximum Gasteiger partial charge on any atom is 0.271 e. The van der Waals surface area contributed by atoms with Gasteiger partial charge in [-0.1, -0.05) is 17.7 Å². The molecule has 3 heterocycles. The second-order valence-electron chi connectivity index (χ2n) is 6.54. The van der Waals surface area contributed by atoms with Gasteiger partial charge in [-0.15, -0.1) is 11.3 Å². The highest BCUT2D eigenvalue weighted by Crippen LogP contribution is 2.23. The predicted molar refractivity (Wildman–Crippen MR) is 109 cm³/mol. The van der Waals surface area contributed by atoms with E-state index in [1.54, 1.807) is 28.2 Å². The number of likely N-dealkylation sites (N-methyl/N-ethyl adjacent to an activating group) is 1. The Morgan fingerprint density at radius 3 is 2.70 bits per heavy atom. The monoisotopic (exact) mass is 403 g/mol. The van der Waals surface area contributed by atoms with Crippen LogP contribution in [0, 0.1) is 13.8 Å². The minimum absolute atomic E-state index is 0.0897. The number of hydrogen-bond donors (Lipinski definition) is 1. The van der Waals surface area contributed by atoms with Gasteiger partial charge in [0.15, 0.2) is 5.82 Å². The number of halogens is 1. The topological polar surface area (TPSA) is 63.1 Å². The number of rotatable bonds is 6. The van der Waals surface area contributed by atoms with E-state index in [1.165, 1.54) is 4.88 Å². The number of aryl methyl sites for hydroxylation is 2. The standard InChI is InChI=1S/C19H22ClN5OS/c1-12-10-13(2)25(23-12)17-8-7-14(20)18(22-17)19(26)21-11-15(24(3)4)16-6-5-9-27-16/h5-10,15H,11H2,1-4H3,(H,21,26). The van der Waals surface area contributed by atoms with Gasteiger partial charge in [0.1, 0.15) is 5.69 Å². The second-order valence-corrected chi connectivity index (χ2v) is 7.93. The Balaban J connectivity index is 1.80. The van der Waals surface area contributed by atoms with E-state index in [4.69, 9.17) is 11.6 Å². The summed E-state index contributed by atoms with van der Waals surface area (Å²) in [6, 6.07) is 9.56. The fraction of sp³-hybridized carbons (Fsp3) is 0.316. The Bertz CT molecular complexity index is 936. The fourth-order valence-electron chi connectivity index (χ4n) is 2.86. The molecule has 0 saturated heterocycles. The van der Waals surface area contributed by atoms with Gasteiger partial charge in [0.05, 0.1) is 16.8 Å². The van der Waals surface area contributed by atoms with Gasteiger partial charge in [-0.3, -0.25) is 4.79 Å². The molecule has 0 aliphatic rings. The fourth-order valence-corrected chi connectivity index (χ4v) is 3.98. The molecule has 0 fully saturated rings. The molecule has 0 saturated carbocycles. The van der Waals surface area contributed by atoms with E-state index in [0.29, 0.717) is 17.4 Å². The number of nitrogens with one attached hydrogen (secondary N) is 1. The molecule has 27 heavy (non-hydrogen) atoms. The molecule has 0 spiro atoms. The number of pyridine rings is 1. The molecule has 1 unspecified atom stereocenters. The number of nitrogens with zero attached hydrogens (tertiary/aromatic N) is 4. The van der Waals surface area contributed by atoms with Crippen molar-refractivity contribution in [2.75, 3.05) is 20.6 Å². The highest BCUT2D eigenvalue weighted by atomic mass is 35.5. The lowest BCUT2D eigenvalue weighted by atomic mass is 10.2. The van der Waals surface area contributed by atoms with E-state index in [1.807, 2.05) is 45.5 Å². The number of carbonyl (C=O) groups is 1. The summed E-state index contributed by atoms with van der Waals surface area (Å²) in [6.07, 6.45) is 0. The molecular formula is C19H22ClN5OS. The van der Waals surface area contributed by atoms with E-state index in [2.05, 4.69) is 26.4 Å². The summed E-state index contributed by atoms with van der Waals surface area (Å²) in [4.78, 5) is 20.4. The van der Waals surface area contributed by atoms with Crippen LogP contribution >= 0.6 is 22.9 Å². The maximum absolute atomic E-state index is 12.7. The van der Waals surface area contributed by atoms with Crippen LogP contribution < -0.4 is 5.32 Å². The van der Waals surface area contributed by atoms with E-state index in [9.17, 15) is 4.79 Å². The quantitative estimate of drug-likeness (QED) is 0.682. The minimum atomic E-state index is -0.299. The molecule has 1 N–H and O–H groups in total. The summed E-state index contributed by atoms with van der Waals surface area (Å²) < 4.78 is 1.71. The number of thiophene rings is 1. The van der Waals surface area contributed by atoms with Gasteiger partial charge in [0.25, 0.3) is 5.91 Å². The lowest BCUT2D eigenvalue weighted by Crippen LogP contribution is -2.34. The molecule has 3 aromatic heterocycles. The summed E-state index contributed by atoms with van der Waals surface area (Å²) >= 11 is 7.91. The lowest BCUT2D eigenvalue weighted by molar-refractivity contribution is 0.0937. The van der Waals surface area contributed by atoms with Crippen LogP contribution in [0.2, 0.25) is 5.02 Å². The predicted octanol–water partition coefficient (Wildman–Crippen LogP) is 3.63. The van der Waals surface area contributed by atoms with E-state index in [0.717, 1.165) is 11.4 Å². The van der Waals surface area contributed by atoms with Gasteiger partial charge >= 0.3 is 0 Å². The highest BCUT2D eigenvalue weighted by molar-refractivity contribution is 7.10. The third-order valence-corrected chi connectivity index (χ3v) is 5.50. The molecule has 1 amide bonds. The molecule has 1 atom stereocenters. The Hall–Kier alpha value is -2.22. The van der Waals surface area contributed by atoms with Crippen molar-refractivity contribution in [3.8, 4) is 5.82 Å². The normalized spacial score (nSPS) is 12.4. The van der Waals surface area contributed by atoms with Crippen LogP contribution in [0.3, 0.4) is 0 Å². The summed E-state index contributed by atoms with van der Waals surface area (Å²) in [7, 11) is 3.98. The zero-order valence-electron chi connectivity index (χ0n) is 15.7. The number of carbonyl (C=O) groups excluding carboxylic acids is 1. The zero-order chi connectivity index (χ0) is 19.6. The van der Waals surface area contributed by atoms with Crippen molar-refractivity contribution in [3.05, 3.63) is 62.7 Å². The van der Waals surface area contributed by atoms with Crippen LogP contribution in [-0.4, -0.2) is 46.2 Å². The molecule has 0 aromatic carbocycles. The summed E-state index contributed by atoms with van der Waals surface area (Å²) in [5.74, 6) is 0.268. The number of amides is 1. The van der Waals surface area contributed by atoms with E-state index >= 15 is 0 Å². The Kier molecular flexibility index (Phi) is 5.94. The van der Waals surface area contributed by atoms with Gasteiger partial charge in [0.2, 0.25) is 0 Å². The van der Waals surface area contributed by atoms with E-state index < -0.39 is 0 Å². The first-order valence-corrected chi connectivity index (χ1v) is 9.81. The first-order valence-electron chi connectivity index (χ1n) is 8.55. The van der Waals surface area contributed by atoms with Gasteiger partial charge in [0, 0.05) is 17.1 Å². The lowest BCUT2D eigenvalue weighted by Gasteiger charge is -2.23. The first-order chi connectivity index (χ1) is 12.9. The van der Waals surface area contributed by atoms with Crippen molar-refractivity contribution >= 4 is 28.8 Å². The third kappa shape index (κ3) is 4.37. The molecular weight excluding hydrogens is 382 g/mol. The molecule has 0 aliphatic carbocycles. The Morgan fingerprint density at radius 2 is 2.11 bits per heavy atom. The van der Waals surface area contributed by atoms with Crippen LogP contribution in [0.25, 0.3) is 5.82 Å². The smallest absolute Gasteiger partial charge is 0.271 e. The molecule has 0 bridgehead atoms. The number of hydrogen-bond acceptors (Lipinski definition) is 5. The second kappa shape index (κ2) is 8.21. The first kappa shape index (κ1) is 19.5. The summed E-state index contributed by atoms with van der Waals surface area (Å²) in [5, 5.41) is 9.72. The summed E-state index contributed by atoms with van der Waals surface area (Å²) in [5.41, 5.74) is 2.03. The molecule has 3 rings (SSSR count). The highest BCUT2D eigenvalue weighted by Gasteiger charge is 2.19. The molecule has 142 valence electrons. The van der Waals surface area contributed by atoms with Crippen molar-refractivity contribution in [2.45, 2.75) is 19.9 Å². The summed E-state index contributed by atoms with van der Waals surface area (Å²) in [6.45, 7) is 4.33. The molecule has 6 nitrogen and oxygen atoms in total. The average molecular weight is 404 g/mol. The van der Waals surface area contributed by atoms with Crippen LogP contribution in [-0.2, 0) is 0 Å². The van der Waals surface area contributed by atoms with Gasteiger partial charge in [-0.25, -0.2) is 9.67 Å². The van der Waals surface area contributed by atoms with Gasteiger partial charge < -0.3 is 10.2 Å². The third-order valence-electron chi connectivity index (χ3n) is 4.22. The molecule has 0 aliphatic heterocycles. The molecule has 0 radical (unpaired) electrons. The maximum atomic E-state index is 12.7. The van der Waals surface area contributed by atoms with Crippen molar-refractivity contribution in [2.24, 2.45) is 0 Å². The Morgan fingerprint density at radius 1 is 1.33 bits per heavy atom. The van der Waals surface area contributed by atoms with Crippen LogP contribution in [0.1, 0.15) is 32.8 Å².